The van der Waals surface area contributed by atoms with Gasteiger partial charge in [-0.15, -0.1) is 0 Å². The molecule has 0 bridgehead atoms. The topological polar surface area (TPSA) is 73.0 Å². The van der Waals surface area contributed by atoms with Gasteiger partial charge in [0.25, 0.3) is 5.69 Å². The molecule has 2 aromatic rings. The quantitative estimate of drug-likeness (QED) is 0.504. The van der Waals surface area contributed by atoms with E-state index in [4.69, 9.17) is 11.6 Å². The van der Waals surface area contributed by atoms with Crippen LogP contribution in [-0.2, 0) is 20.0 Å². The smallest absolute Gasteiger partial charge is 0.270 e. The fourth-order valence-electron chi connectivity index (χ4n) is 1.83. The summed E-state index contributed by atoms with van der Waals surface area (Å²) < 4.78 is 1.77. The molecule has 0 spiro atoms. The van der Waals surface area contributed by atoms with Crippen LogP contribution in [0.5, 0.6) is 0 Å². The Morgan fingerprint density at radius 2 is 2.25 bits per heavy atom. The maximum atomic E-state index is 10.6. The van der Waals surface area contributed by atoms with E-state index in [1.165, 1.54) is 12.1 Å². The number of nitrogens with one attached hydrogen (secondary N) is 1. The van der Waals surface area contributed by atoms with Gasteiger partial charge in [0.05, 0.1) is 15.6 Å². The summed E-state index contributed by atoms with van der Waals surface area (Å²) in [7, 11) is 1.88. The Balaban J connectivity index is 1.83. The molecule has 0 saturated heterocycles. The summed E-state index contributed by atoms with van der Waals surface area (Å²) in [6.45, 7) is 1.34. The van der Waals surface area contributed by atoms with Crippen molar-refractivity contribution in [1.29, 1.82) is 0 Å². The van der Waals surface area contributed by atoms with E-state index in [9.17, 15) is 10.1 Å². The van der Waals surface area contributed by atoms with E-state index >= 15 is 0 Å². The second kappa shape index (κ2) is 6.49. The molecule has 20 heavy (non-hydrogen) atoms. The number of nitro groups is 1. The first-order valence-electron chi connectivity index (χ1n) is 6.18. The molecule has 1 heterocycles. The van der Waals surface area contributed by atoms with Crippen LogP contribution in [0.4, 0.5) is 5.69 Å². The summed E-state index contributed by atoms with van der Waals surface area (Å²) in [5.74, 6) is 0. The van der Waals surface area contributed by atoms with Crippen LogP contribution in [0.1, 0.15) is 11.3 Å². The highest BCUT2D eigenvalue weighted by molar-refractivity contribution is 6.31. The Hall–Kier alpha value is -1.92. The number of nitro benzene ring substituents is 1. The number of rotatable bonds is 6. The molecule has 0 aliphatic rings. The summed E-state index contributed by atoms with van der Waals surface area (Å²) in [6.07, 6.45) is 2.73. The monoisotopic (exact) mass is 294 g/mol. The molecule has 0 aliphatic carbocycles. The van der Waals surface area contributed by atoms with Gasteiger partial charge >= 0.3 is 0 Å². The van der Waals surface area contributed by atoms with E-state index in [-0.39, 0.29) is 5.69 Å². The number of benzene rings is 1. The largest absolute Gasteiger partial charge is 0.312 e. The van der Waals surface area contributed by atoms with E-state index in [0.717, 1.165) is 24.2 Å². The Kier molecular flexibility index (Phi) is 4.70. The van der Waals surface area contributed by atoms with E-state index in [1.807, 2.05) is 19.3 Å². The minimum absolute atomic E-state index is 0.00670. The number of nitrogens with zero attached hydrogens (tertiary/aromatic N) is 3. The summed E-state index contributed by atoms with van der Waals surface area (Å²) in [4.78, 5) is 10.2. The maximum absolute atomic E-state index is 10.6. The molecule has 0 amide bonds. The zero-order chi connectivity index (χ0) is 14.5. The van der Waals surface area contributed by atoms with Crippen molar-refractivity contribution in [1.82, 2.24) is 15.1 Å². The lowest BCUT2D eigenvalue weighted by atomic mass is 10.2. The molecule has 0 aliphatic heterocycles. The maximum Gasteiger partial charge on any atom is 0.270 e. The number of hydrogen-bond donors (Lipinski definition) is 1. The Bertz CT molecular complexity index is 612. The van der Waals surface area contributed by atoms with Gasteiger partial charge in [-0.2, -0.15) is 5.10 Å². The molecular formula is C13H15ClN4O2. The van der Waals surface area contributed by atoms with Gasteiger partial charge in [0.15, 0.2) is 0 Å². The van der Waals surface area contributed by atoms with Crippen molar-refractivity contribution in [3.8, 4) is 0 Å². The second-order valence-corrected chi connectivity index (χ2v) is 4.85. The average molecular weight is 295 g/mol. The van der Waals surface area contributed by atoms with Gasteiger partial charge < -0.3 is 5.32 Å². The van der Waals surface area contributed by atoms with Crippen LogP contribution in [0.2, 0.25) is 5.02 Å². The van der Waals surface area contributed by atoms with E-state index in [2.05, 4.69) is 10.4 Å². The SMILES string of the molecule is Cn1ccc(CCNCc2ccc([N+](=O)[O-])cc2Cl)n1. The highest BCUT2D eigenvalue weighted by Crippen LogP contribution is 2.22. The van der Waals surface area contributed by atoms with Crippen molar-refractivity contribution in [3.05, 3.63) is 56.9 Å². The van der Waals surface area contributed by atoms with Gasteiger partial charge in [0.2, 0.25) is 0 Å². The van der Waals surface area contributed by atoms with E-state index in [0.29, 0.717) is 11.6 Å². The number of aryl methyl sites for hydroxylation is 1. The fourth-order valence-corrected chi connectivity index (χ4v) is 2.07. The minimum atomic E-state index is -0.454. The molecular weight excluding hydrogens is 280 g/mol. The molecule has 1 aromatic carbocycles. The van der Waals surface area contributed by atoms with Crippen molar-refractivity contribution in [2.24, 2.45) is 7.05 Å². The van der Waals surface area contributed by atoms with Crippen molar-refractivity contribution < 1.29 is 4.92 Å². The molecule has 0 unspecified atom stereocenters. The third kappa shape index (κ3) is 3.79. The van der Waals surface area contributed by atoms with Gasteiger partial charge in [-0.25, -0.2) is 0 Å². The predicted octanol–water partition coefficient (Wildman–Crippen LogP) is 2.31. The zero-order valence-corrected chi connectivity index (χ0v) is 11.8. The summed E-state index contributed by atoms with van der Waals surface area (Å²) >= 11 is 6.01. The molecule has 0 saturated carbocycles. The Labute approximate surface area is 121 Å². The highest BCUT2D eigenvalue weighted by atomic mass is 35.5. The van der Waals surface area contributed by atoms with Crippen LogP contribution < -0.4 is 5.32 Å². The van der Waals surface area contributed by atoms with Crippen LogP contribution in [0, 0.1) is 10.1 Å². The van der Waals surface area contributed by atoms with Crippen LogP contribution in [0.15, 0.2) is 30.5 Å². The lowest BCUT2D eigenvalue weighted by Crippen LogP contribution is -2.17. The third-order valence-corrected chi connectivity index (χ3v) is 3.24. The molecule has 0 radical (unpaired) electrons. The number of halogens is 1. The van der Waals surface area contributed by atoms with Crippen molar-refractivity contribution >= 4 is 17.3 Å². The van der Waals surface area contributed by atoms with Crippen LogP contribution in [0.25, 0.3) is 0 Å². The Morgan fingerprint density at radius 1 is 1.45 bits per heavy atom. The first kappa shape index (κ1) is 14.5. The van der Waals surface area contributed by atoms with Crippen LogP contribution in [0.3, 0.4) is 0 Å². The standard InChI is InChI=1S/C13H15ClN4O2/c1-17-7-5-11(16-17)4-6-15-9-10-2-3-12(18(19)20)8-13(10)14/h2-3,5,7-8,15H,4,6,9H2,1H3. The van der Waals surface area contributed by atoms with Gasteiger partial charge in [-0.3, -0.25) is 14.8 Å². The first-order valence-corrected chi connectivity index (χ1v) is 6.56. The van der Waals surface area contributed by atoms with Crippen LogP contribution >= 0.6 is 11.6 Å². The van der Waals surface area contributed by atoms with Crippen molar-refractivity contribution in [3.63, 3.8) is 0 Å². The first-order chi connectivity index (χ1) is 9.56. The minimum Gasteiger partial charge on any atom is -0.312 e. The molecule has 2 rings (SSSR count). The van der Waals surface area contributed by atoms with E-state index in [1.54, 1.807) is 10.7 Å². The second-order valence-electron chi connectivity index (χ2n) is 4.44. The molecule has 0 atom stereocenters. The molecule has 7 heteroatoms. The average Bonchev–Trinajstić information content (AvgIpc) is 2.81. The summed E-state index contributed by atoms with van der Waals surface area (Å²) in [6, 6.07) is 6.48. The van der Waals surface area contributed by atoms with Crippen molar-refractivity contribution in [2.75, 3.05) is 6.54 Å². The number of hydrogen-bond acceptors (Lipinski definition) is 4. The normalized spacial score (nSPS) is 10.7. The van der Waals surface area contributed by atoms with E-state index < -0.39 is 4.92 Å². The molecule has 1 aromatic heterocycles. The molecule has 0 fully saturated rings. The highest BCUT2D eigenvalue weighted by Gasteiger charge is 2.08. The zero-order valence-electron chi connectivity index (χ0n) is 11.0. The molecule has 106 valence electrons. The van der Waals surface area contributed by atoms with Gasteiger partial charge in [-0.1, -0.05) is 11.6 Å². The summed E-state index contributed by atoms with van der Waals surface area (Å²) in [5, 5.41) is 18.5. The van der Waals surface area contributed by atoms with Crippen LogP contribution in [-0.4, -0.2) is 21.2 Å². The van der Waals surface area contributed by atoms with Gasteiger partial charge in [0.1, 0.15) is 0 Å². The fraction of sp³-hybridized carbons (Fsp3) is 0.308. The number of aromatic nitrogens is 2. The third-order valence-electron chi connectivity index (χ3n) is 2.89. The number of non-ortho nitro benzene ring substituents is 1. The predicted molar refractivity (Wildman–Crippen MR) is 76.7 cm³/mol. The van der Waals surface area contributed by atoms with Crippen molar-refractivity contribution in [2.45, 2.75) is 13.0 Å². The summed E-state index contributed by atoms with van der Waals surface area (Å²) in [5.41, 5.74) is 1.88. The molecule has 6 nitrogen and oxygen atoms in total. The van der Waals surface area contributed by atoms with Gasteiger partial charge in [0, 0.05) is 44.9 Å². The lowest BCUT2D eigenvalue weighted by molar-refractivity contribution is -0.384. The molecule has 1 N–H and O–H groups in total. The van der Waals surface area contributed by atoms with Gasteiger partial charge in [-0.05, 0) is 17.7 Å². The Morgan fingerprint density at radius 3 is 2.85 bits per heavy atom. The lowest BCUT2D eigenvalue weighted by Gasteiger charge is -2.06.